The molecule has 0 aromatic carbocycles. The number of nitrogens with one attached hydrogen (secondary N) is 1. The summed E-state index contributed by atoms with van der Waals surface area (Å²) in [4.78, 5) is 27.5. The fourth-order valence-electron chi connectivity index (χ4n) is 2.87. The number of carbonyl (C=O) groups excluding carboxylic acids is 1. The summed E-state index contributed by atoms with van der Waals surface area (Å²) in [5, 5.41) is 3.89. The van der Waals surface area contributed by atoms with Gasteiger partial charge >= 0.3 is 0 Å². The quantitative estimate of drug-likeness (QED) is 0.816. The third kappa shape index (κ3) is 3.35. The maximum absolute atomic E-state index is 12.4. The number of anilines is 1. The van der Waals surface area contributed by atoms with E-state index in [0.29, 0.717) is 18.0 Å². The number of carbonyl (C=O) groups is 1. The van der Waals surface area contributed by atoms with Crippen molar-refractivity contribution in [2.24, 2.45) is 0 Å². The Bertz CT molecular complexity index is 725. The molecule has 1 N–H and O–H groups in total. The smallest absolute Gasteiger partial charge is 0.261 e. The van der Waals surface area contributed by atoms with Crippen molar-refractivity contribution in [3.63, 3.8) is 0 Å². The van der Waals surface area contributed by atoms with Crippen LogP contribution in [0.15, 0.2) is 6.33 Å². The number of amides is 1. The SMILES string of the molecule is COCCNC(=O)c1sc2ncnc(N3CCN(C)CC3)c2c1C. The zero-order valence-corrected chi connectivity index (χ0v) is 15.2. The van der Waals surface area contributed by atoms with Crippen LogP contribution >= 0.6 is 11.3 Å². The van der Waals surface area contributed by atoms with Crippen LogP contribution < -0.4 is 10.2 Å². The molecule has 1 aliphatic rings. The van der Waals surface area contributed by atoms with Gasteiger partial charge in [-0.25, -0.2) is 9.97 Å². The lowest BCUT2D eigenvalue weighted by Crippen LogP contribution is -2.44. The predicted octanol–water partition coefficient (Wildman–Crippen LogP) is 1.13. The summed E-state index contributed by atoms with van der Waals surface area (Å²) in [6.45, 7) is 6.88. The zero-order chi connectivity index (χ0) is 17.1. The van der Waals surface area contributed by atoms with Crippen LogP contribution in [0.3, 0.4) is 0 Å². The third-order valence-electron chi connectivity index (χ3n) is 4.31. The molecule has 2 aromatic rings. The Morgan fingerprint density at radius 2 is 2.08 bits per heavy atom. The van der Waals surface area contributed by atoms with Gasteiger partial charge in [0.15, 0.2) is 0 Å². The number of fused-ring (bicyclic) bond motifs is 1. The highest BCUT2D eigenvalue weighted by Gasteiger charge is 2.23. The van der Waals surface area contributed by atoms with Crippen LogP contribution in [0.25, 0.3) is 10.2 Å². The molecule has 0 atom stereocenters. The molecule has 130 valence electrons. The van der Waals surface area contributed by atoms with E-state index in [4.69, 9.17) is 4.74 Å². The lowest BCUT2D eigenvalue weighted by atomic mass is 10.1. The average molecular weight is 349 g/mol. The molecule has 24 heavy (non-hydrogen) atoms. The summed E-state index contributed by atoms with van der Waals surface area (Å²) in [6, 6.07) is 0. The number of likely N-dealkylation sites (N-methyl/N-ethyl adjacent to an activating group) is 1. The van der Waals surface area contributed by atoms with Crippen molar-refractivity contribution in [3.05, 3.63) is 16.8 Å². The van der Waals surface area contributed by atoms with E-state index in [1.165, 1.54) is 11.3 Å². The molecule has 1 fully saturated rings. The molecule has 0 saturated carbocycles. The highest BCUT2D eigenvalue weighted by atomic mass is 32.1. The number of rotatable bonds is 5. The summed E-state index contributed by atoms with van der Waals surface area (Å²) >= 11 is 1.43. The molecular weight excluding hydrogens is 326 g/mol. The molecule has 1 saturated heterocycles. The van der Waals surface area contributed by atoms with Crippen LogP contribution in [0.5, 0.6) is 0 Å². The number of hydrogen-bond acceptors (Lipinski definition) is 7. The van der Waals surface area contributed by atoms with Crippen molar-refractivity contribution in [1.82, 2.24) is 20.2 Å². The Balaban J connectivity index is 1.91. The predicted molar refractivity (Wildman–Crippen MR) is 96.1 cm³/mol. The minimum Gasteiger partial charge on any atom is -0.383 e. The second-order valence-electron chi connectivity index (χ2n) is 5.97. The van der Waals surface area contributed by atoms with Crippen molar-refractivity contribution < 1.29 is 9.53 Å². The summed E-state index contributed by atoms with van der Waals surface area (Å²) in [5.41, 5.74) is 0.958. The Kier molecular flexibility index (Phi) is 5.27. The van der Waals surface area contributed by atoms with Gasteiger partial charge in [-0.05, 0) is 19.5 Å². The molecule has 1 aliphatic heterocycles. The highest BCUT2D eigenvalue weighted by molar-refractivity contribution is 7.20. The van der Waals surface area contributed by atoms with Crippen molar-refractivity contribution in [2.45, 2.75) is 6.92 Å². The fourth-order valence-corrected chi connectivity index (χ4v) is 3.93. The number of thiophene rings is 1. The first-order valence-electron chi connectivity index (χ1n) is 8.06. The largest absolute Gasteiger partial charge is 0.383 e. The Labute approximate surface area is 145 Å². The Morgan fingerprint density at radius 1 is 1.33 bits per heavy atom. The van der Waals surface area contributed by atoms with Crippen LogP contribution in [0.1, 0.15) is 15.2 Å². The number of aryl methyl sites for hydroxylation is 1. The van der Waals surface area contributed by atoms with E-state index in [2.05, 4.69) is 32.1 Å². The topological polar surface area (TPSA) is 70.6 Å². The first-order valence-corrected chi connectivity index (χ1v) is 8.88. The number of hydrogen-bond donors (Lipinski definition) is 1. The minimum absolute atomic E-state index is 0.0723. The molecule has 0 spiro atoms. The van der Waals surface area contributed by atoms with Gasteiger partial charge in [0.1, 0.15) is 17.0 Å². The first kappa shape index (κ1) is 17.1. The molecule has 0 radical (unpaired) electrons. The van der Waals surface area contributed by atoms with Crippen LogP contribution in [0, 0.1) is 6.92 Å². The molecule has 0 unspecified atom stereocenters. The van der Waals surface area contributed by atoms with Crippen molar-refractivity contribution in [1.29, 1.82) is 0 Å². The standard InChI is InChI=1S/C16H23N5O2S/c1-11-12-14(21-7-5-20(2)6-8-21)18-10-19-16(12)24-13(11)15(22)17-4-9-23-3/h10H,4-9H2,1-3H3,(H,17,22). The summed E-state index contributed by atoms with van der Waals surface area (Å²) in [6.07, 6.45) is 1.60. The van der Waals surface area contributed by atoms with Gasteiger partial charge < -0.3 is 19.9 Å². The van der Waals surface area contributed by atoms with Gasteiger partial charge in [0, 0.05) is 39.8 Å². The summed E-state index contributed by atoms with van der Waals surface area (Å²) in [5.74, 6) is 0.870. The number of ether oxygens (including phenoxy) is 1. The van der Waals surface area contributed by atoms with Gasteiger partial charge in [-0.15, -0.1) is 11.3 Å². The van der Waals surface area contributed by atoms with Crippen LogP contribution in [-0.2, 0) is 4.74 Å². The minimum atomic E-state index is -0.0723. The van der Waals surface area contributed by atoms with Crippen molar-refractivity contribution in [2.75, 3.05) is 58.4 Å². The van der Waals surface area contributed by atoms with Gasteiger partial charge in [0.2, 0.25) is 0 Å². The molecule has 2 aromatic heterocycles. The van der Waals surface area contributed by atoms with E-state index in [1.807, 2.05) is 6.92 Å². The Morgan fingerprint density at radius 3 is 2.79 bits per heavy atom. The number of methoxy groups -OCH3 is 1. The molecule has 0 bridgehead atoms. The molecule has 3 rings (SSSR count). The maximum atomic E-state index is 12.4. The normalized spacial score (nSPS) is 15.9. The van der Waals surface area contributed by atoms with Gasteiger partial charge in [0.05, 0.1) is 16.9 Å². The second kappa shape index (κ2) is 7.42. The third-order valence-corrected chi connectivity index (χ3v) is 5.51. The van der Waals surface area contributed by atoms with Crippen molar-refractivity contribution >= 4 is 33.3 Å². The number of piperazine rings is 1. The first-order chi connectivity index (χ1) is 11.6. The second-order valence-corrected chi connectivity index (χ2v) is 6.97. The number of nitrogens with zero attached hydrogens (tertiary/aromatic N) is 4. The van der Waals surface area contributed by atoms with Crippen LogP contribution in [0.2, 0.25) is 0 Å². The van der Waals surface area contributed by atoms with E-state index < -0.39 is 0 Å². The van der Waals surface area contributed by atoms with Gasteiger partial charge in [-0.1, -0.05) is 0 Å². The molecule has 3 heterocycles. The average Bonchev–Trinajstić information content (AvgIpc) is 2.93. The lowest BCUT2D eigenvalue weighted by Gasteiger charge is -2.33. The summed E-state index contributed by atoms with van der Waals surface area (Å²) in [7, 11) is 3.75. The van der Waals surface area contributed by atoms with Gasteiger partial charge in [-0.2, -0.15) is 0 Å². The van der Waals surface area contributed by atoms with E-state index in [9.17, 15) is 4.79 Å². The van der Waals surface area contributed by atoms with Gasteiger partial charge in [0.25, 0.3) is 5.91 Å². The van der Waals surface area contributed by atoms with Crippen molar-refractivity contribution in [3.8, 4) is 0 Å². The van der Waals surface area contributed by atoms with E-state index in [0.717, 1.165) is 47.8 Å². The van der Waals surface area contributed by atoms with E-state index in [-0.39, 0.29) is 5.91 Å². The number of aromatic nitrogens is 2. The molecular formula is C16H23N5O2S. The Hall–Kier alpha value is -1.77. The molecule has 7 nitrogen and oxygen atoms in total. The zero-order valence-electron chi connectivity index (χ0n) is 14.3. The van der Waals surface area contributed by atoms with E-state index in [1.54, 1.807) is 13.4 Å². The fraction of sp³-hybridized carbons (Fsp3) is 0.562. The summed E-state index contributed by atoms with van der Waals surface area (Å²) < 4.78 is 4.98. The maximum Gasteiger partial charge on any atom is 0.261 e. The van der Waals surface area contributed by atoms with Gasteiger partial charge in [-0.3, -0.25) is 4.79 Å². The molecule has 1 amide bonds. The monoisotopic (exact) mass is 349 g/mol. The van der Waals surface area contributed by atoms with Crippen LogP contribution in [-0.4, -0.2) is 74.3 Å². The lowest BCUT2D eigenvalue weighted by molar-refractivity contribution is 0.0940. The molecule has 8 heteroatoms. The van der Waals surface area contributed by atoms with E-state index >= 15 is 0 Å². The highest BCUT2D eigenvalue weighted by Crippen LogP contribution is 2.35. The molecule has 0 aliphatic carbocycles. The van der Waals surface area contributed by atoms with Crippen LogP contribution in [0.4, 0.5) is 5.82 Å².